The van der Waals surface area contributed by atoms with E-state index in [1.807, 2.05) is 6.08 Å². The fourth-order valence-corrected chi connectivity index (χ4v) is 9.05. The van der Waals surface area contributed by atoms with Gasteiger partial charge in [-0.2, -0.15) is 0 Å². The molecule has 0 aliphatic carbocycles. The fourth-order valence-electron chi connectivity index (χ4n) is 9.05. The highest BCUT2D eigenvalue weighted by molar-refractivity contribution is 5.76. The van der Waals surface area contributed by atoms with Crippen molar-refractivity contribution >= 4 is 5.91 Å². The minimum atomic E-state index is -0.885. The Morgan fingerprint density at radius 1 is 0.333 bits per heavy atom. The molecule has 4 nitrogen and oxygen atoms in total. The lowest BCUT2D eigenvalue weighted by Gasteiger charge is -2.19. The van der Waals surface area contributed by atoms with Crippen LogP contribution in [-0.4, -0.2) is 34.9 Å². The van der Waals surface area contributed by atoms with Crippen molar-refractivity contribution in [2.45, 2.75) is 302 Å². The van der Waals surface area contributed by atoms with Crippen molar-refractivity contribution in [3.05, 3.63) is 134 Å². The van der Waals surface area contributed by atoms with Crippen LogP contribution >= 0.6 is 0 Å². The predicted octanol–water partition coefficient (Wildman–Crippen LogP) is 21.8. The summed E-state index contributed by atoms with van der Waals surface area (Å²) in [5.74, 6) is -0.0901. The highest BCUT2D eigenvalue weighted by Crippen LogP contribution is 2.16. The van der Waals surface area contributed by atoms with Crippen molar-refractivity contribution in [2.75, 3.05) is 6.61 Å². The van der Waals surface area contributed by atoms with Crippen LogP contribution < -0.4 is 5.32 Å². The van der Waals surface area contributed by atoms with E-state index in [0.717, 1.165) is 103 Å². The van der Waals surface area contributed by atoms with Crippen LogP contribution in [0.5, 0.6) is 0 Å². The Kier molecular flexibility index (Phi) is 61.8. The number of carbonyl (C=O) groups is 1. The molecule has 1 amide bonds. The molecule has 0 aromatic rings. The first-order valence-electron chi connectivity index (χ1n) is 31.9. The van der Waals surface area contributed by atoms with E-state index >= 15 is 0 Å². The van der Waals surface area contributed by atoms with Crippen molar-refractivity contribution in [3.8, 4) is 0 Å². The van der Waals surface area contributed by atoms with Crippen LogP contribution in [0.4, 0.5) is 0 Å². The molecule has 0 fully saturated rings. The summed E-state index contributed by atoms with van der Waals surface area (Å²) in [6.45, 7) is 4.19. The molecule has 0 aromatic heterocycles. The van der Waals surface area contributed by atoms with Crippen molar-refractivity contribution in [1.82, 2.24) is 5.32 Å². The highest BCUT2D eigenvalue weighted by atomic mass is 16.3. The van der Waals surface area contributed by atoms with Crippen LogP contribution in [-0.2, 0) is 4.79 Å². The fraction of sp³-hybridized carbons (Fsp3) is 0.676. The first kappa shape index (κ1) is 71.5. The third kappa shape index (κ3) is 61.3. The lowest BCUT2D eigenvalue weighted by Crippen LogP contribution is -2.45. The number of rotatable bonds is 57. The van der Waals surface area contributed by atoms with E-state index in [0.29, 0.717) is 6.42 Å². The molecule has 0 heterocycles. The zero-order chi connectivity index (χ0) is 54.1. The van der Waals surface area contributed by atoms with Crippen LogP contribution in [0.2, 0.25) is 0 Å². The minimum Gasteiger partial charge on any atom is -0.394 e. The number of aliphatic hydroxyl groups excluding tert-OH is 2. The first-order chi connectivity index (χ1) is 37.2. The van der Waals surface area contributed by atoms with E-state index < -0.39 is 12.1 Å². The number of carbonyl (C=O) groups excluding carboxylic acids is 1. The van der Waals surface area contributed by atoms with Crippen LogP contribution in [0, 0.1) is 0 Å². The normalized spacial score (nSPS) is 13.7. The summed E-state index contributed by atoms with van der Waals surface area (Å²) < 4.78 is 0. The molecule has 75 heavy (non-hydrogen) atoms. The van der Waals surface area contributed by atoms with E-state index in [9.17, 15) is 15.0 Å². The van der Waals surface area contributed by atoms with Crippen LogP contribution in [0.3, 0.4) is 0 Å². The second-order valence-corrected chi connectivity index (χ2v) is 21.1. The topological polar surface area (TPSA) is 69.6 Å². The molecular formula is C71H121NO3. The second kappa shape index (κ2) is 64.8. The summed E-state index contributed by atoms with van der Waals surface area (Å²) in [6.07, 6.45) is 101. The maximum Gasteiger partial charge on any atom is 0.220 e. The standard InChI is InChI=1S/C71H121NO3/c1-3-5-7-9-11-13-15-17-19-21-23-25-27-29-31-33-35-36-37-39-41-43-45-47-49-51-53-55-57-59-61-63-65-67-71(75)72-69(68-73)70(74)66-64-62-60-58-56-54-52-50-48-46-44-42-40-38-34-32-30-28-26-24-22-20-18-16-14-12-10-8-6-4-2/h5,7,11,13,17,19,23,25,29,31,35-36,39,41,45,47-48,50,56,58,64,66,69-70,73-74H,3-4,6,8-10,12,14-16,18,20-22,24,26-28,30,32-34,37-38,40,42-44,46,49,51-55,57,59-63,65,67-68H2,1-2H3,(H,72,75)/b7-5-,13-11-,19-17-,25-23-,31-29-,36-35-,41-39-,47-45-,50-48+,58-56+,66-64+. The molecule has 0 bridgehead atoms. The van der Waals surface area contributed by atoms with E-state index in [-0.39, 0.29) is 12.5 Å². The molecule has 0 aliphatic heterocycles. The molecular weight excluding hydrogens is 915 g/mol. The van der Waals surface area contributed by atoms with Gasteiger partial charge in [-0.25, -0.2) is 0 Å². The summed E-state index contributed by atoms with van der Waals surface area (Å²) in [5, 5.41) is 23.2. The van der Waals surface area contributed by atoms with Gasteiger partial charge in [0.25, 0.3) is 0 Å². The minimum absolute atomic E-state index is 0.0901. The molecule has 0 saturated carbocycles. The van der Waals surface area contributed by atoms with Crippen LogP contribution in [0.25, 0.3) is 0 Å². The van der Waals surface area contributed by atoms with Gasteiger partial charge in [0, 0.05) is 6.42 Å². The van der Waals surface area contributed by atoms with E-state index in [4.69, 9.17) is 0 Å². The molecule has 0 rings (SSSR count). The molecule has 428 valence electrons. The summed E-state index contributed by atoms with van der Waals surface area (Å²) in [7, 11) is 0. The van der Waals surface area contributed by atoms with Crippen molar-refractivity contribution in [1.29, 1.82) is 0 Å². The third-order valence-electron chi connectivity index (χ3n) is 13.8. The van der Waals surface area contributed by atoms with Gasteiger partial charge in [0.2, 0.25) is 5.91 Å². The van der Waals surface area contributed by atoms with Gasteiger partial charge in [-0.3, -0.25) is 4.79 Å². The number of allylic oxidation sites excluding steroid dienone is 21. The highest BCUT2D eigenvalue weighted by Gasteiger charge is 2.18. The Bertz CT molecular complexity index is 1500. The molecule has 2 atom stereocenters. The number of aliphatic hydroxyl groups is 2. The number of amides is 1. The van der Waals surface area contributed by atoms with Crippen molar-refractivity contribution in [2.24, 2.45) is 0 Å². The molecule has 3 N–H and O–H groups in total. The van der Waals surface area contributed by atoms with Gasteiger partial charge in [-0.1, -0.05) is 308 Å². The Labute approximate surface area is 466 Å². The Hall–Kier alpha value is -3.47. The van der Waals surface area contributed by atoms with Crippen LogP contribution in [0.15, 0.2) is 134 Å². The molecule has 4 heteroatoms. The van der Waals surface area contributed by atoms with E-state index in [1.54, 1.807) is 6.08 Å². The Balaban J connectivity index is 3.63. The lowest BCUT2D eigenvalue weighted by atomic mass is 10.0. The van der Waals surface area contributed by atoms with Gasteiger partial charge in [-0.15, -0.1) is 0 Å². The Morgan fingerprint density at radius 2 is 0.600 bits per heavy atom. The number of hydrogen-bond donors (Lipinski definition) is 3. The third-order valence-corrected chi connectivity index (χ3v) is 13.8. The lowest BCUT2D eigenvalue weighted by molar-refractivity contribution is -0.123. The first-order valence-corrected chi connectivity index (χ1v) is 31.9. The molecule has 0 aromatic carbocycles. The molecule has 0 aliphatic rings. The zero-order valence-corrected chi connectivity index (χ0v) is 49.3. The van der Waals surface area contributed by atoms with Crippen molar-refractivity contribution < 1.29 is 15.0 Å². The van der Waals surface area contributed by atoms with Gasteiger partial charge in [0.15, 0.2) is 0 Å². The SMILES string of the molecule is CC/C=C\C/C=C\C/C=C\C/C=C\C/C=C\C/C=C\C/C=C\C/C=C\CCCCCCCCCCC(=O)NC(CO)C(O)/C=C/CC/C=C/CC/C=C/CCCCCCCCCCCCCCCCCCCCCC. The average molecular weight is 1040 g/mol. The predicted molar refractivity (Wildman–Crippen MR) is 335 cm³/mol. The Morgan fingerprint density at radius 3 is 0.933 bits per heavy atom. The maximum absolute atomic E-state index is 12.5. The van der Waals surface area contributed by atoms with Gasteiger partial charge in [-0.05, 0) is 109 Å². The van der Waals surface area contributed by atoms with E-state index in [2.05, 4.69) is 141 Å². The number of unbranched alkanes of at least 4 members (excludes halogenated alkanes) is 30. The second-order valence-electron chi connectivity index (χ2n) is 21.1. The smallest absolute Gasteiger partial charge is 0.220 e. The summed E-state index contributed by atoms with van der Waals surface area (Å²) >= 11 is 0. The molecule has 2 unspecified atom stereocenters. The largest absolute Gasteiger partial charge is 0.394 e. The number of nitrogens with one attached hydrogen (secondary N) is 1. The van der Waals surface area contributed by atoms with E-state index in [1.165, 1.54) is 167 Å². The molecule has 0 saturated heterocycles. The van der Waals surface area contributed by atoms with Gasteiger partial charge in [0.1, 0.15) is 0 Å². The monoisotopic (exact) mass is 1040 g/mol. The number of hydrogen-bond acceptors (Lipinski definition) is 3. The van der Waals surface area contributed by atoms with Crippen LogP contribution in [0.1, 0.15) is 290 Å². The van der Waals surface area contributed by atoms with Gasteiger partial charge < -0.3 is 15.5 Å². The summed E-state index contributed by atoms with van der Waals surface area (Å²) in [4.78, 5) is 12.5. The van der Waals surface area contributed by atoms with Gasteiger partial charge in [0.05, 0.1) is 18.8 Å². The summed E-state index contributed by atoms with van der Waals surface area (Å²) in [5.41, 5.74) is 0. The quantitative estimate of drug-likeness (QED) is 0.0420. The maximum atomic E-state index is 12.5. The van der Waals surface area contributed by atoms with Gasteiger partial charge >= 0.3 is 0 Å². The zero-order valence-electron chi connectivity index (χ0n) is 49.3. The molecule has 0 radical (unpaired) electrons. The summed E-state index contributed by atoms with van der Waals surface area (Å²) in [6, 6.07) is -0.662. The van der Waals surface area contributed by atoms with Crippen molar-refractivity contribution in [3.63, 3.8) is 0 Å². The average Bonchev–Trinajstić information content (AvgIpc) is 3.41. The molecule has 0 spiro atoms.